The molecule has 6 rings (SSSR count). The molecule has 284 valence electrons. The number of pyridine rings is 1. The van der Waals surface area contributed by atoms with Gasteiger partial charge in [-0.15, -0.1) is 0 Å². The van der Waals surface area contributed by atoms with Gasteiger partial charge in [-0.3, -0.25) is 15.1 Å². The molecule has 0 amide bonds. The molecule has 0 saturated carbocycles. The van der Waals surface area contributed by atoms with Gasteiger partial charge in [0.05, 0.1) is 23.3 Å². The average Bonchev–Trinajstić information content (AvgIpc) is 3.58. The number of rotatable bonds is 16. The van der Waals surface area contributed by atoms with E-state index in [4.69, 9.17) is 25.8 Å². The summed E-state index contributed by atoms with van der Waals surface area (Å²) >= 11 is 6.83. The smallest absolute Gasteiger partial charge is 0.323 e. The Balaban J connectivity index is 1.19. The van der Waals surface area contributed by atoms with E-state index < -0.39 is 18.1 Å². The normalized spacial score (nSPS) is 17.0. The minimum absolute atomic E-state index is 0.0588. The zero-order chi connectivity index (χ0) is 38.2. The lowest BCUT2D eigenvalue weighted by molar-refractivity contribution is -0.142. The fourth-order valence-electron chi connectivity index (χ4n) is 7.37. The third-order valence-corrected chi connectivity index (χ3v) is 10.8. The van der Waals surface area contributed by atoms with E-state index in [2.05, 4.69) is 71.5 Å². The van der Waals surface area contributed by atoms with Crippen molar-refractivity contribution in [3.05, 3.63) is 105 Å². The first-order valence-electron chi connectivity index (χ1n) is 18.8. The molecule has 1 aromatic heterocycles. The number of piperidine rings is 1. The number of hydrogen-bond donors (Lipinski definition) is 3. The summed E-state index contributed by atoms with van der Waals surface area (Å²) in [6, 6.07) is 18.6. The fraction of sp³-hybridized carbons (Fsp3) is 0.419. The number of carboxylic acids is 1. The van der Waals surface area contributed by atoms with Gasteiger partial charge in [-0.25, -0.2) is 0 Å². The van der Waals surface area contributed by atoms with Crippen LogP contribution in [-0.2, 0) is 24.4 Å². The van der Waals surface area contributed by atoms with Crippen LogP contribution in [0.25, 0.3) is 11.1 Å². The molecule has 2 heterocycles. The number of carbonyl (C=O) groups is 1. The van der Waals surface area contributed by atoms with Gasteiger partial charge in [-0.05, 0) is 111 Å². The van der Waals surface area contributed by atoms with Crippen molar-refractivity contribution in [2.45, 2.75) is 84.3 Å². The summed E-state index contributed by atoms with van der Waals surface area (Å²) < 4.78 is 19.2. The highest BCUT2D eigenvalue weighted by molar-refractivity contribution is 6.32. The molecule has 1 aliphatic carbocycles. The predicted molar refractivity (Wildman–Crippen MR) is 208 cm³/mol. The summed E-state index contributed by atoms with van der Waals surface area (Å²) in [6.45, 7) is 10.2. The summed E-state index contributed by atoms with van der Waals surface area (Å²) in [4.78, 5) is 18.4. The van der Waals surface area contributed by atoms with Gasteiger partial charge >= 0.3 is 5.97 Å². The molecular weight excluding hydrogens is 704 g/mol. The van der Waals surface area contributed by atoms with Crippen molar-refractivity contribution in [2.24, 2.45) is 5.92 Å². The Morgan fingerprint density at radius 2 is 1.83 bits per heavy atom. The topological polar surface area (TPSA) is 137 Å². The van der Waals surface area contributed by atoms with Crippen LogP contribution >= 0.6 is 11.6 Å². The molecule has 54 heavy (non-hydrogen) atoms. The van der Waals surface area contributed by atoms with Crippen LogP contribution in [0.4, 0.5) is 0 Å². The van der Waals surface area contributed by atoms with Crippen LogP contribution in [0.3, 0.4) is 0 Å². The highest BCUT2D eigenvalue weighted by Gasteiger charge is 2.29. The van der Waals surface area contributed by atoms with Crippen molar-refractivity contribution in [2.75, 3.05) is 26.2 Å². The molecule has 3 aromatic carbocycles. The number of aliphatic carboxylic acids is 1. The predicted octanol–water partition coefficient (Wildman–Crippen LogP) is 7.65. The van der Waals surface area contributed by atoms with E-state index in [0.29, 0.717) is 39.8 Å². The zero-order valence-corrected chi connectivity index (χ0v) is 31.9. The SMILES string of the molecule is Cc1c(OCCCN2CCC(C)CC2)cccc1-c1cccc2c1CC[C@@H]2Oc1cc(OCc2cncc(C#N)c2)c(CNC(C(=O)O)C(C)O)cc1Cl. The van der Waals surface area contributed by atoms with Crippen molar-refractivity contribution in [3.63, 3.8) is 0 Å². The largest absolute Gasteiger partial charge is 0.493 e. The van der Waals surface area contributed by atoms with Crippen LogP contribution in [0.1, 0.15) is 79.0 Å². The second kappa shape index (κ2) is 18.1. The maximum Gasteiger partial charge on any atom is 0.323 e. The lowest BCUT2D eigenvalue weighted by Crippen LogP contribution is -2.44. The van der Waals surface area contributed by atoms with Crippen LogP contribution < -0.4 is 19.5 Å². The summed E-state index contributed by atoms with van der Waals surface area (Å²) in [6.07, 6.45) is 6.86. The van der Waals surface area contributed by atoms with E-state index in [0.717, 1.165) is 54.2 Å². The van der Waals surface area contributed by atoms with Gasteiger partial charge in [-0.2, -0.15) is 5.26 Å². The lowest BCUT2D eigenvalue weighted by atomic mass is 9.93. The average molecular weight is 753 g/mol. The van der Waals surface area contributed by atoms with Crippen molar-refractivity contribution < 1.29 is 29.2 Å². The minimum atomic E-state index is -1.20. The number of aliphatic hydroxyl groups is 1. The number of fused-ring (bicyclic) bond motifs is 1. The molecule has 1 aliphatic heterocycles. The van der Waals surface area contributed by atoms with Gasteiger partial charge in [-0.1, -0.05) is 48.9 Å². The first-order valence-corrected chi connectivity index (χ1v) is 19.2. The molecule has 10 nitrogen and oxygen atoms in total. The number of carboxylic acid groups (broad SMARTS) is 1. The molecule has 1 saturated heterocycles. The molecule has 1 fully saturated rings. The summed E-state index contributed by atoms with van der Waals surface area (Å²) in [5.41, 5.74) is 7.44. The number of benzene rings is 3. The van der Waals surface area contributed by atoms with Gasteiger partial charge < -0.3 is 29.3 Å². The number of ether oxygens (including phenoxy) is 3. The molecular formula is C43H49ClN4O6. The Morgan fingerprint density at radius 3 is 2.59 bits per heavy atom. The van der Waals surface area contributed by atoms with E-state index in [-0.39, 0.29) is 19.3 Å². The van der Waals surface area contributed by atoms with Crippen molar-refractivity contribution >= 4 is 17.6 Å². The highest BCUT2D eigenvalue weighted by Crippen LogP contribution is 2.44. The molecule has 3 atom stereocenters. The van der Waals surface area contributed by atoms with Crippen molar-refractivity contribution in [1.82, 2.24) is 15.2 Å². The minimum Gasteiger partial charge on any atom is -0.493 e. The molecule has 3 N–H and O–H groups in total. The number of halogens is 1. The Bertz CT molecular complexity index is 1970. The van der Waals surface area contributed by atoms with Gasteiger partial charge in [0.25, 0.3) is 0 Å². The van der Waals surface area contributed by atoms with Crippen molar-refractivity contribution in [3.8, 4) is 34.4 Å². The summed E-state index contributed by atoms with van der Waals surface area (Å²) in [7, 11) is 0. The van der Waals surface area contributed by atoms with Crippen LogP contribution in [0, 0.1) is 24.2 Å². The third-order valence-electron chi connectivity index (χ3n) is 10.5. The van der Waals surface area contributed by atoms with Gasteiger partial charge in [0.2, 0.25) is 0 Å². The first kappa shape index (κ1) is 39.0. The molecule has 0 bridgehead atoms. The second-order valence-corrected chi connectivity index (χ2v) is 14.9. The number of nitriles is 1. The summed E-state index contributed by atoms with van der Waals surface area (Å²) in [5, 5.41) is 32.2. The van der Waals surface area contributed by atoms with Gasteiger partial charge in [0, 0.05) is 42.7 Å². The van der Waals surface area contributed by atoms with Gasteiger partial charge in [0.15, 0.2) is 0 Å². The highest BCUT2D eigenvalue weighted by atomic mass is 35.5. The summed E-state index contributed by atoms with van der Waals surface area (Å²) in [5.74, 6) is 1.42. The lowest BCUT2D eigenvalue weighted by Gasteiger charge is -2.30. The van der Waals surface area contributed by atoms with Crippen LogP contribution in [-0.4, -0.2) is 64.5 Å². The molecule has 4 aromatic rings. The van der Waals surface area contributed by atoms with E-state index in [1.807, 2.05) is 0 Å². The number of nitrogens with one attached hydrogen (secondary N) is 1. The maximum atomic E-state index is 11.8. The van der Waals surface area contributed by atoms with E-state index in [9.17, 15) is 20.3 Å². The van der Waals surface area contributed by atoms with Crippen molar-refractivity contribution in [1.29, 1.82) is 5.26 Å². The van der Waals surface area contributed by atoms with Crippen LogP contribution in [0.15, 0.2) is 67.0 Å². The Labute approximate surface area is 322 Å². The Hall–Kier alpha value is -4.66. The number of aliphatic hydroxyl groups excluding tert-OH is 1. The zero-order valence-electron chi connectivity index (χ0n) is 31.2. The molecule has 2 unspecified atom stereocenters. The third kappa shape index (κ3) is 9.52. The quantitative estimate of drug-likeness (QED) is 0.0979. The number of nitrogens with zero attached hydrogens (tertiary/aromatic N) is 3. The monoisotopic (exact) mass is 752 g/mol. The van der Waals surface area contributed by atoms with Crippen LogP contribution in [0.5, 0.6) is 17.2 Å². The van der Waals surface area contributed by atoms with E-state index in [1.165, 1.54) is 50.2 Å². The Kier molecular flexibility index (Phi) is 13.1. The number of likely N-dealkylation sites (tertiary alicyclic amines) is 1. The second-order valence-electron chi connectivity index (χ2n) is 14.5. The number of hydrogen-bond acceptors (Lipinski definition) is 9. The molecule has 0 spiro atoms. The Morgan fingerprint density at radius 1 is 1.06 bits per heavy atom. The van der Waals surface area contributed by atoms with E-state index in [1.54, 1.807) is 24.4 Å². The molecule has 0 radical (unpaired) electrons. The van der Waals surface area contributed by atoms with E-state index >= 15 is 0 Å². The van der Waals surface area contributed by atoms with Gasteiger partial charge in [0.1, 0.15) is 42.1 Å². The molecule has 11 heteroatoms. The fourth-order valence-corrected chi connectivity index (χ4v) is 7.61. The number of aromatic nitrogens is 1. The standard InChI is InChI=1S/C43H49ClN4O6/c1-27-13-16-48(17-14-27)15-6-18-52-38-10-5-7-33(28(38)2)34-8-4-9-36-35(34)11-12-39(36)54-41-21-40(53-26-31-19-30(22-45)23-46-24-31)32(20-37(41)44)25-47-42(29(3)49)43(50)51/h4-5,7-10,19-21,23-24,27,29,39,42,47,49H,6,11-18,25-26H2,1-3H3,(H,50,51)/t29?,39-,42?/m0/s1. The maximum absolute atomic E-state index is 11.8. The molecule has 2 aliphatic rings. The first-order chi connectivity index (χ1) is 26.1. The van der Waals surface area contributed by atoms with Crippen LogP contribution in [0.2, 0.25) is 5.02 Å².